The van der Waals surface area contributed by atoms with Gasteiger partial charge in [-0.05, 0) is 36.8 Å². The summed E-state index contributed by atoms with van der Waals surface area (Å²) in [7, 11) is 1.72. The van der Waals surface area contributed by atoms with Crippen molar-refractivity contribution in [3.8, 4) is 0 Å². The molecular weight excluding hydrogens is 388 g/mol. The van der Waals surface area contributed by atoms with Crippen molar-refractivity contribution in [2.45, 2.75) is 69.6 Å². The standard InChI is InChI=1S/C27H36O4/c1-26(20-25(29)30,22-12-6-4-7-13-22)18-10-16-24(28)17-11-19-27(2,21-31-3)23-14-8-5-9-15-23/h4-9,12-15H,10-11,16-21H2,1-3H3,(H,29,30). The molecule has 2 rings (SSSR count). The van der Waals surface area contributed by atoms with Crippen LogP contribution in [0.4, 0.5) is 0 Å². The highest BCUT2D eigenvalue weighted by atomic mass is 16.5. The molecule has 1 N–H and O–H groups in total. The van der Waals surface area contributed by atoms with Gasteiger partial charge in [-0.3, -0.25) is 9.59 Å². The minimum Gasteiger partial charge on any atom is -0.481 e. The van der Waals surface area contributed by atoms with E-state index in [4.69, 9.17) is 4.74 Å². The maximum Gasteiger partial charge on any atom is 0.304 e. The summed E-state index contributed by atoms with van der Waals surface area (Å²) in [5, 5.41) is 9.37. The fraction of sp³-hybridized carbons (Fsp3) is 0.481. The zero-order valence-electron chi connectivity index (χ0n) is 19.1. The van der Waals surface area contributed by atoms with Gasteiger partial charge in [0.1, 0.15) is 5.78 Å². The predicted molar refractivity (Wildman–Crippen MR) is 124 cm³/mol. The maximum absolute atomic E-state index is 12.5. The monoisotopic (exact) mass is 424 g/mol. The second-order valence-corrected chi connectivity index (χ2v) is 9.10. The molecule has 0 spiro atoms. The summed E-state index contributed by atoms with van der Waals surface area (Å²) in [5.41, 5.74) is 1.68. The molecule has 4 heteroatoms. The Morgan fingerprint density at radius 1 is 0.806 bits per heavy atom. The lowest BCUT2D eigenvalue weighted by Crippen LogP contribution is -2.28. The highest BCUT2D eigenvalue weighted by Crippen LogP contribution is 2.34. The minimum absolute atomic E-state index is 0.0671. The van der Waals surface area contributed by atoms with Crippen molar-refractivity contribution in [2.75, 3.05) is 13.7 Å². The van der Waals surface area contributed by atoms with Gasteiger partial charge in [0.05, 0.1) is 13.0 Å². The van der Waals surface area contributed by atoms with Crippen LogP contribution in [0.5, 0.6) is 0 Å². The van der Waals surface area contributed by atoms with Gasteiger partial charge in [-0.1, -0.05) is 74.5 Å². The number of hydrogen-bond acceptors (Lipinski definition) is 3. The second-order valence-electron chi connectivity index (χ2n) is 9.10. The van der Waals surface area contributed by atoms with E-state index in [0.717, 1.165) is 18.4 Å². The summed E-state index contributed by atoms with van der Waals surface area (Å²) < 4.78 is 5.46. The first-order valence-corrected chi connectivity index (χ1v) is 11.1. The molecule has 0 aliphatic rings. The van der Waals surface area contributed by atoms with Crippen LogP contribution in [0.2, 0.25) is 0 Å². The lowest BCUT2D eigenvalue weighted by Gasteiger charge is -2.29. The van der Waals surface area contributed by atoms with Crippen LogP contribution in [0.3, 0.4) is 0 Å². The molecule has 0 saturated carbocycles. The van der Waals surface area contributed by atoms with E-state index >= 15 is 0 Å². The number of aliphatic carboxylic acids is 1. The summed E-state index contributed by atoms with van der Waals surface area (Å²) in [4.78, 5) is 23.9. The van der Waals surface area contributed by atoms with Crippen LogP contribution in [0.1, 0.15) is 69.9 Å². The molecule has 0 amide bonds. The van der Waals surface area contributed by atoms with Crippen molar-refractivity contribution in [1.82, 2.24) is 0 Å². The van der Waals surface area contributed by atoms with Gasteiger partial charge in [0.15, 0.2) is 0 Å². The van der Waals surface area contributed by atoms with Gasteiger partial charge < -0.3 is 9.84 Å². The van der Waals surface area contributed by atoms with E-state index in [9.17, 15) is 14.7 Å². The first-order valence-electron chi connectivity index (χ1n) is 11.1. The molecule has 0 aromatic heterocycles. The average Bonchev–Trinajstić information content (AvgIpc) is 2.75. The summed E-state index contributed by atoms with van der Waals surface area (Å²) >= 11 is 0. The third kappa shape index (κ3) is 7.62. The Bertz CT molecular complexity index is 818. The molecule has 0 aliphatic carbocycles. The number of rotatable bonds is 14. The molecule has 168 valence electrons. The third-order valence-corrected chi connectivity index (χ3v) is 6.31. The Labute approximate surface area is 186 Å². The summed E-state index contributed by atoms with van der Waals surface area (Å²) in [6.07, 6.45) is 4.20. The van der Waals surface area contributed by atoms with Gasteiger partial charge in [0.25, 0.3) is 0 Å². The molecule has 0 fully saturated rings. The Hall–Kier alpha value is -2.46. The molecule has 2 atom stereocenters. The van der Waals surface area contributed by atoms with Gasteiger partial charge >= 0.3 is 5.97 Å². The Morgan fingerprint density at radius 2 is 1.26 bits per heavy atom. The largest absolute Gasteiger partial charge is 0.481 e. The quantitative estimate of drug-likeness (QED) is 0.408. The van der Waals surface area contributed by atoms with Crippen LogP contribution in [-0.4, -0.2) is 30.6 Å². The van der Waals surface area contributed by atoms with E-state index in [1.54, 1.807) is 7.11 Å². The molecule has 2 unspecified atom stereocenters. The SMILES string of the molecule is COCC(C)(CCCC(=O)CCCC(C)(CC(=O)O)c1ccccc1)c1ccccc1. The first-order chi connectivity index (χ1) is 14.8. The molecule has 0 heterocycles. The van der Waals surface area contributed by atoms with Crippen molar-refractivity contribution in [2.24, 2.45) is 0 Å². The summed E-state index contributed by atoms with van der Waals surface area (Å²) in [5.74, 6) is -0.561. The Balaban J connectivity index is 1.86. The zero-order chi connectivity index (χ0) is 22.7. The molecular formula is C27H36O4. The van der Waals surface area contributed by atoms with E-state index in [1.165, 1.54) is 5.56 Å². The van der Waals surface area contributed by atoms with Crippen LogP contribution in [-0.2, 0) is 25.2 Å². The van der Waals surface area contributed by atoms with Crippen molar-refractivity contribution >= 4 is 11.8 Å². The van der Waals surface area contributed by atoms with Crippen molar-refractivity contribution in [3.05, 3.63) is 71.8 Å². The van der Waals surface area contributed by atoms with Crippen LogP contribution >= 0.6 is 0 Å². The number of carbonyl (C=O) groups excluding carboxylic acids is 1. The predicted octanol–water partition coefficient (Wildman–Crippen LogP) is 5.93. The van der Waals surface area contributed by atoms with Gasteiger partial charge in [-0.25, -0.2) is 0 Å². The number of methoxy groups -OCH3 is 1. The fourth-order valence-electron chi connectivity index (χ4n) is 4.44. The number of carboxylic acids is 1. The number of benzene rings is 2. The van der Waals surface area contributed by atoms with E-state index in [0.29, 0.717) is 32.3 Å². The highest BCUT2D eigenvalue weighted by Gasteiger charge is 2.30. The van der Waals surface area contributed by atoms with Gasteiger partial charge in [-0.2, -0.15) is 0 Å². The lowest BCUT2D eigenvalue weighted by atomic mass is 9.75. The van der Waals surface area contributed by atoms with E-state index < -0.39 is 11.4 Å². The van der Waals surface area contributed by atoms with Crippen molar-refractivity contribution in [1.29, 1.82) is 0 Å². The number of carboxylic acid groups (broad SMARTS) is 1. The van der Waals surface area contributed by atoms with Gasteiger partial charge in [0.2, 0.25) is 0 Å². The molecule has 31 heavy (non-hydrogen) atoms. The molecule has 4 nitrogen and oxygen atoms in total. The maximum atomic E-state index is 12.5. The number of ether oxygens (including phenoxy) is 1. The second kappa shape index (κ2) is 11.8. The van der Waals surface area contributed by atoms with Crippen LogP contribution in [0.15, 0.2) is 60.7 Å². The molecule has 0 radical (unpaired) electrons. The number of ketones is 1. The molecule has 2 aromatic rings. The van der Waals surface area contributed by atoms with Crippen molar-refractivity contribution < 1.29 is 19.4 Å². The molecule has 0 aliphatic heterocycles. The summed E-state index contributed by atoms with van der Waals surface area (Å²) in [6, 6.07) is 20.1. The zero-order valence-corrected chi connectivity index (χ0v) is 19.1. The van der Waals surface area contributed by atoms with Gasteiger partial charge in [-0.15, -0.1) is 0 Å². The molecule has 0 saturated heterocycles. The van der Waals surface area contributed by atoms with Gasteiger partial charge in [0, 0.05) is 30.8 Å². The molecule has 2 aromatic carbocycles. The van der Waals surface area contributed by atoms with E-state index in [1.807, 2.05) is 55.5 Å². The van der Waals surface area contributed by atoms with Crippen LogP contribution in [0, 0.1) is 0 Å². The Morgan fingerprint density at radius 3 is 1.71 bits per heavy atom. The number of carbonyl (C=O) groups is 2. The lowest BCUT2D eigenvalue weighted by molar-refractivity contribution is -0.138. The minimum atomic E-state index is -0.809. The molecule has 0 bridgehead atoms. The van der Waals surface area contributed by atoms with Crippen LogP contribution in [0.25, 0.3) is 0 Å². The topological polar surface area (TPSA) is 63.6 Å². The Kier molecular flexibility index (Phi) is 9.44. The summed E-state index contributed by atoms with van der Waals surface area (Å²) in [6.45, 7) is 4.79. The highest BCUT2D eigenvalue weighted by molar-refractivity contribution is 5.78. The van der Waals surface area contributed by atoms with Crippen LogP contribution < -0.4 is 0 Å². The normalized spacial score (nSPS) is 15.1. The number of hydrogen-bond donors (Lipinski definition) is 1. The average molecular weight is 425 g/mol. The van der Waals surface area contributed by atoms with E-state index in [-0.39, 0.29) is 17.6 Å². The fourth-order valence-corrected chi connectivity index (χ4v) is 4.44. The number of Topliss-reactive ketones (excluding diaryl/α,β-unsaturated/α-hetero) is 1. The first kappa shape index (κ1) is 24.8. The van der Waals surface area contributed by atoms with E-state index in [2.05, 4.69) is 19.1 Å². The third-order valence-electron chi connectivity index (χ3n) is 6.31. The smallest absolute Gasteiger partial charge is 0.304 e. The van der Waals surface area contributed by atoms with Crippen molar-refractivity contribution in [3.63, 3.8) is 0 Å².